The first-order chi connectivity index (χ1) is 42.2. The number of ether oxygens (including phenoxy) is 1. The molecule has 0 aromatic carbocycles. The zero-order valence-corrected chi connectivity index (χ0v) is 60.5. The summed E-state index contributed by atoms with van der Waals surface area (Å²) < 4.78 is 5.49. The molecule has 0 saturated carbocycles. The quantitative estimate of drug-likeness (QED) is 0.0448. The van der Waals surface area contributed by atoms with E-state index in [4.69, 9.17) is 4.74 Å². The van der Waals surface area contributed by atoms with Gasteiger partial charge < -0.3 is 4.74 Å². The average Bonchev–Trinajstić information content (AvgIpc) is 3.51. The minimum Gasteiger partial charge on any atom is -0.466 e. The summed E-state index contributed by atoms with van der Waals surface area (Å²) in [6, 6.07) is 0. The number of esters is 1. The normalized spacial score (nSPS) is 11.5. The Hall–Kier alpha value is -0.530. The van der Waals surface area contributed by atoms with Gasteiger partial charge in [0.25, 0.3) is 0 Å². The summed E-state index contributed by atoms with van der Waals surface area (Å²) in [6.45, 7) is 9.85. The minimum absolute atomic E-state index is 0.0338. The largest absolute Gasteiger partial charge is 0.466 e. The first-order valence-electron chi connectivity index (χ1n) is 41.4. The second-order valence-electron chi connectivity index (χ2n) is 28.4. The fraction of sp³-hybridized carbons (Fsp3) is 0.988. The Kier molecular flexibility index (Phi) is 87.1. The molecule has 0 aliphatic heterocycles. The lowest BCUT2D eigenvalue weighted by molar-refractivity contribution is -0.143. The Labute approximate surface area is 541 Å². The van der Waals surface area contributed by atoms with Crippen LogP contribution < -0.4 is 0 Å². The van der Waals surface area contributed by atoms with Crippen molar-refractivity contribution >= 4 is 5.97 Å². The molecule has 0 amide bonds. The number of unbranched alkanes of at least 4 members (excludes halogenated alkanes) is 73. The summed E-state index contributed by atoms with van der Waals surface area (Å²) in [6.07, 6.45) is 110. The second kappa shape index (κ2) is 85.5. The van der Waals surface area contributed by atoms with Crippen LogP contribution in [-0.2, 0) is 9.53 Å². The Bertz CT molecular complexity index is 1070. The summed E-state index contributed by atoms with van der Waals surface area (Å²) in [7, 11) is 0. The van der Waals surface area contributed by atoms with Crippen molar-refractivity contribution < 1.29 is 9.53 Å². The lowest BCUT2D eigenvalue weighted by atomic mass is 10.0. The van der Waals surface area contributed by atoms with E-state index in [2.05, 4.69) is 27.7 Å². The zero-order chi connectivity index (χ0) is 61.4. The minimum atomic E-state index is 0.0338. The third-order valence-corrected chi connectivity index (χ3v) is 19.5. The van der Waals surface area contributed by atoms with E-state index >= 15 is 0 Å². The molecule has 0 saturated heterocycles. The molecule has 2 heteroatoms. The molecule has 0 radical (unpaired) electrons. The molecule has 0 unspecified atom stereocenters. The van der Waals surface area contributed by atoms with Crippen LogP contribution >= 0.6 is 0 Å². The van der Waals surface area contributed by atoms with E-state index in [-0.39, 0.29) is 5.97 Å². The molecule has 0 aromatic rings. The van der Waals surface area contributed by atoms with Crippen molar-refractivity contribution in [2.75, 3.05) is 6.61 Å². The third-order valence-electron chi connectivity index (χ3n) is 19.5. The molecule has 0 bridgehead atoms. The molecule has 0 atom stereocenters. The van der Waals surface area contributed by atoms with Gasteiger partial charge in [0, 0.05) is 6.42 Å². The van der Waals surface area contributed by atoms with Crippen molar-refractivity contribution in [3.8, 4) is 0 Å². The smallest absolute Gasteiger partial charge is 0.305 e. The number of hydrogen-bond acceptors (Lipinski definition) is 2. The predicted octanol–water partition coefficient (Wildman–Crippen LogP) is 31.6. The maximum absolute atomic E-state index is 12.0. The number of carbonyl (C=O) groups excluding carboxylic acids is 1. The Morgan fingerprint density at radius 1 is 0.153 bits per heavy atom. The van der Waals surface area contributed by atoms with Crippen LogP contribution in [0.2, 0.25) is 0 Å². The van der Waals surface area contributed by atoms with Gasteiger partial charge in [-0.05, 0) is 12.8 Å². The van der Waals surface area contributed by atoms with E-state index < -0.39 is 0 Å². The zero-order valence-electron chi connectivity index (χ0n) is 60.5. The van der Waals surface area contributed by atoms with Crippen LogP contribution in [-0.4, -0.2) is 12.6 Å². The number of rotatable bonds is 77. The van der Waals surface area contributed by atoms with Gasteiger partial charge in [-0.15, -0.1) is 0 Å². The Balaban J connectivity index is 0. The molecule has 512 valence electrons. The van der Waals surface area contributed by atoms with Gasteiger partial charge in [0.15, 0.2) is 0 Å². The lowest BCUT2D eigenvalue weighted by Crippen LogP contribution is -2.05. The first kappa shape index (κ1) is 86.5. The second-order valence-corrected chi connectivity index (χ2v) is 28.4. The van der Waals surface area contributed by atoms with Crippen LogP contribution in [0.3, 0.4) is 0 Å². The molecular formula is C83H168O2. The molecule has 85 heavy (non-hydrogen) atoms. The standard InChI is InChI=1S/C51H102O2.C32H66/c1-3-5-7-9-11-13-15-17-19-21-22-23-24-25-26-27-28-29-30-31-32-33-35-37-39-41-43-45-47-49-51(52)53-50-48-46-44-42-40-38-36-34-20-18-16-14-12-10-8-6-4-2;1-3-5-7-9-11-13-15-17-19-21-23-25-27-29-31-32-30-28-26-24-22-20-18-16-14-12-10-8-6-4-2/h3-50H2,1-2H3;3-32H2,1-2H3. The van der Waals surface area contributed by atoms with Gasteiger partial charge in [0.2, 0.25) is 0 Å². The summed E-state index contributed by atoms with van der Waals surface area (Å²) in [5.41, 5.74) is 0. The van der Waals surface area contributed by atoms with Crippen LogP contribution in [0.4, 0.5) is 0 Å². The molecule has 0 heterocycles. The van der Waals surface area contributed by atoms with Crippen molar-refractivity contribution in [2.45, 2.75) is 522 Å². The number of carbonyl (C=O) groups is 1. The monoisotopic (exact) mass is 1200 g/mol. The van der Waals surface area contributed by atoms with Crippen molar-refractivity contribution in [3.63, 3.8) is 0 Å². The van der Waals surface area contributed by atoms with Crippen molar-refractivity contribution in [1.29, 1.82) is 0 Å². The van der Waals surface area contributed by atoms with E-state index in [1.807, 2.05) is 0 Å². The average molecular weight is 1200 g/mol. The van der Waals surface area contributed by atoms with Gasteiger partial charge in [-0.1, -0.05) is 503 Å². The molecule has 0 spiro atoms. The van der Waals surface area contributed by atoms with Gasteiger partial charge in [-0.25, -0.2) is 0 Å². The number of hydrogen-bond donors (Lipinski definition) is 0. The van der Waals surface area contributed by atoms with E-state index in [0.29, 0.717) is 13.0 Å². The van der Waals surface area contributed by atoms with E-state index in [9.17, 15) is 4.79 Å². The van der Waals surface area contributed by atoms with Gasteiger partial charge in [0.05, 0.1) is 6.61 Å². The first-order valence-corrected chi connectivity index (χ1v) is 41.4. The molecule has 0 aromatic heterocycles. The highest BCUT2D eigenvalue weighted by molar-refractivity contribution is 5.69. The molecule has 0 fully saturated rings. The van der Waals surface area contributed by atoms with Gasteiger partial charge in [-0.3, -0.25) is 4.79 Å². The van der Waals surface area contributed by atoms with Gasteiger partial charge in [0.1, 0.15) is 0 Å². The molecule has 0 rings (SSSR count). The topological polar surface area (TPSA) is 26.3 Å². The van der Waals surface area contributed by atoms with Crippen molar-refractivity contribution in [1.82, 2.24) is 0 Å². The van der Waals surface area contributed by atoms with Crippen LogP contribution in [0.1, 0.15) is 522 Å². The molecular weight excluding hydrogens is 1030 g/mol. The summed E-state index contributed by atoms with van der Waals surface area (Å²) >= 11 is 0. The molecule has 0 N–H and O–H groups in total. The Morgan fingerprint density at radius 3 is 0.388 bits per heavy atom. The van der Waals surface area contributed by atoms with E-state index in [0.717, 1.165) is 12.8 Å². The highest BCUT2D eigenvalue weighted by Crippen LogP contribution is 2.21. The molecule has 0 aliphatic carbocycles. The van der Waals surface area contributed by atoms with Crippen LogP contribution in [0.25, 0.3) is 0 Å². The summed E-state index contributed by atoms with van der Waals surface area (Å²) in [4.78, 5) is 12.0. The molecule has 0 aliphatic rings. The molecule has 2 nitrogen and oxygen atoms in total. The van der Waals surface area contributed by atoms with Crippen molar-refractivity contribution in [3.05, 3.63) is 0 Å². The van der Waals surface area contributed by atoms with Gasteiger partial charge >= 0.3 is 5.97 Å². The predicted molar refractivity (Wildman–Crippen MR) is 389 cm³/mol. The Morgan fingerprint density at radius 2 is 0.259 bits per heavy atom. The van der Waals surface area contributed by atoms with E-state index in [1.165, 1.54) is 475 Å². The highest BCUT2D eigenvalue weighted by Gasteiger charge is 2.04. The van der Waals surface area contributed by atoms with E-state index in [1.54, 1.807) is 0 Å². The fourth-order valence-corrected chi connectivity index (χ4v) is 13.3. The maximum atomic E-state index is 12.0. The van der Waals surface area contributed by atoms with Crippen LogP contribution in [0.5, 0.6) is 0 Å². The third kappa shape index (κ3) is 87.7. The maximum Gasteiger partial charge on any atom is 0.305 e. The highest BCUT2D eigenvalue weighted by atomic mass is 16.5. The van der Waals surface area contributed by atoms with Crippen LogP contribution in [0, 0.1) is 0 Å². The van der Waals surface area contributed by atoms with Crippen molar-refractivity contribution in [2.24, 2.45) is 0 Å². The fourth-order valence-electron chi connectivity index (χ4n) is 13.3. The summed E-state index contributed by atoms with van der Waals surface area (Å²) in [5.74, 6) is 0.0338. The SMILES string of the molecule is CCCCCCCCCCCCCCCCCCCCCCCCCCCCCCCC.CCCCCCCCCCCCCCCCCCCCCCCCCCCCCCCC(=O)OCCCCCCCCCCCCCCCCCCC. The summed E-state index contributed by atoms with van der Waals surface area (Å²) in [5, 5.41) is 0. The van der Waals surface area contributed by atoms with Gasteiger partial charge in [-0.2, -0.15) is 0 Å². The lowest BCUT2D eigenvalue weighted by Gasteiger charge is -2.06. The van der Waals surface area contributed by atoms with Crippen LogP contribution in [0.15, 0.2) is 0 Å².